The second-order valence-electron chi connectivity index (χ2n) is 11.2. The summed E-state index contributed by atoms with van der Waals surface area (Å²) in [6, 6.07) is 11.7. The summed E-state index contributed by atoms with van der Waals surface area (Å²) in [5, 5.41) is 10.5. The number of fused-ring (bicyclic) bond motifs is 3. The number of carbonyl (C=O) groups is 2. The zero-order chi connectivity index (χ0) is 29.1. The highest BCUT2D eigenvalue weighted by Gasteiger charge is 2.40. The SMILES string of the molecule is O=C(O)c1cc(F)c(-c2cccc3c2OCN(C(=O)c2c(Cl)cc(N4CCC4)cc2Cl)C3)cc1N1C2CCC1COC2. The van der Waals surface area contributed by atoms with E-state index in [2.05, 4.69) is 9.80 Å². The number of hydrogen-bond acceptors (Lipinski definition) is 6. The van der Waals surface area contributed by atoms with Crippen molar-refractivity contribution in [3.63, 3.8) is 0 Å². The van der Waals surface area contributed by atoms with Gasteiger partial charge in [-0.05, 0) is 43.5 Å². The van der Waals surface area contributed by atoms with E-state index in [1.165, 1.54) is 4.90 Å². The van der Waals surface area contributed by atoms with Gasteiger partial charge in [0.05, 0.1) is 58.7 Å². The molecule has 3 aromatic rings. The highest BCUT2D eigenvalue weighted by molar-refractivity contribution is 6.40. The molecule has 1 N–H and O–H groups in total. The number of amides is 1. The van der Waals surface area contributed by atoms with Crippen molar-refractivity contribution in [3.05, 3.63) is 75.0 Å². The summed E-state index contributed by atoms with van der Waals surface area (Å²) < 4.78 is 27.4. The third kappa shape index (κ3) is 4.55. The molecule has 11 heteroatoms. The lowest BCUT2D eigenvalue weighted by Gasteiger charge is -2.37. The van der Waals surface area contributed by atoms with Crippen molar-refractivity contribution < 1.29 is 28.6 Å². The van der Waals surface area contributed by atoms with Gasteiger partial charge in [0.2, 0.25) is 0 Å². The molecule has 0 aromatic heterocycles. The second-order valence-corrected chi connectivity index (χ2v) is 12.0. The second kappa shape index (κ2) is 10.6. The minimum atomic E-state index is -1.18. The lowest BCUT2D eigenvalue weighted by molar-refractivity contribution is 0.0516. The maximum atomic E-state index is 15.6. The number of aromatic carboxylic acids is 1. The van der Waals surface area contributed by atoms with Crippen LogP contribution in [0.15, 0.2) is 42.5 Å². The Morgan fingerprint density at radius 2 is 1.69 bits per heavy atom. The number of halogens is 3. The van der Waals surface area contributed by atoms with Gasteiger partial charge in [-0.3, -0.25) is 4.79 Å². The van der Waals surface area contributed by atoms with Crippen LogP contribution in [0.3, 0.4) is 0 Å². The fourth-order valence-corrected chi connectivity index (χ4v) is 7.11. The molecule has 218 valence electrons. The Morgan fingerprint density at radius 3 is 2.33 bits per heavy atom. The van der Waals surface area contributed by atoms with E-state index in [0.717, 1.165) is 44.1 Å². The Labute approximate surface area is 252 Å². The third-order valence-corrected chi connectivity index (χ3v) is 9.29. The molecule has 2 unspecified atom stereocenters. The molecule has 4 aliphatic rings. The molecule has 2 bridgehead atoms. The molecule has 42 heavy (non-hydrogen) atoms. The molecule has 3 fully saturated rings. The Hall–Kier alpha value is -3.53. The molecule has 0 aliphatic carbocycles. The number of ether oxygens (including phenoxy) is 2. The molecule has 0 spiro atoms. The highest BCUT2D eigenvalue weighted by Crippen LogP contribution is 2.43. The molecule has 1 amide bonds. The average Bonchev–Trinajstić information content (AvgIpc) is 3.18. The number of carboxylic acids is 1. The minimum Gasteiger partial charge on any atom is -0.478 e. The summed E-state index contributed by atoms with van der Waals surface area (Å²) in [5.74, 6) is -1.76. The van der Waals surface area contributed by atoms with Crippen LogP contribution in [0.1, 0.15) is 45.5 Å². The number of hydrogen-bond donors (Lipinski definition) is 1. The molecule has 2 atom stereocenters. The Kier molecular flexibility index (Phi) is 6.91. The predicted molar refractivity (Wildman–Crippen MR) is 158 cm³/mol. The fourth-order valence-electron chi connectivity index (χ4n) is 6.47. The number of rotatable bonds is 5. The summed E-state index contributed by atoms with van der Waals surface area (Å²) in [5.41, 5.74) is 2.92. The van der Waals surface area contributed by atoms with Crippen molar-refractivity contribution in [2.75, 3.05) is 42.8 Å². The largest absolute Gasteiger partial charge is 0.478 e. The third-order valence-electron chi connectivity index (χ3n) is 8.70. The number of benzene rings is 3. The van der Waals surface area contributed by atoms with Gasteiger partial charge >= 0.3 is 5.97 Å². The lowest BCUT2D eigenvalue weighted by atomic mass is 9.96. The quantitative estimate of drug-likeness (QED) is 0.375. The number of para-hydroxylation sites is 1. The first-order chi connectivity index (χ1) is 20.3. The van der Waals surface area contributed by atoms with E-state index < -0.39 is 11.8 Å². The van der Waals surface area contributed by atoms with Crippen molar-refractivity contribution >= 4 is 46.5 Å². The number of carbonyl (C=O) groups excluding carboxylic acids is 1. The van der Waals surface area contributed by atoms with E-state index in [9.17, 15) is 14.7 Å². The van der Waals surface area contributed by atoms with Gasteiger partial charge in [-0.25, -0.2) is 9.18 Å². The van der Waals surface area contributed by atoms with Crippen LogP contribution in [0, 0.1) is 5.82 Å². The molecule has 7 rings (SSSR count). The maximum Gasteiger partial charge on any atom is 0.337 e. The Balaban J connectivity index is 1.21. The summed E-state index contributed by atoms with van der Waals surface area (Å²) >= 11 is 13.1. The van der Waals surface area contributed by atoms with Gasteiger partial charge in [-0.2, -0.15) is 0 Å². The first-order valence-corrected chi connectivity index (χ1v) is 14.8. The smallest absolute Gasteiger partial charge is 0.337 e. The van der Waals surface area contributed by atoms with Gasteiger partial charge < -0.3 is 29.3 Å². The van der Waals surface area contributed by atoms with E-state index in [1.54, 1.807) is 30.3 Å². The average molecular weight is 612 g/mol. The molecule has 0 saturated carbocycles. The van der Waals surface area contributed by atoms with Gasteiger partial charge in [0.15, 0.2) is 6.73 Å². The Bertz CT molecular complexity index is 1570. The van der Waals surface area contributed by atoms with E-state index in [1.807, 2.05) is 6.07 Å². The van der Waals surface area contributed by atoms with Crippen LogP contribution in [-0.4, -0.2) is 67.0 Å². The van der Waals surface area contributed by atoms with Gasteiger partial charge in [0.25, 0.3) is 5.91 Å². The topological polar surface area (TPSA) is 82.5 Å². The van der Waals surface area contributed by atoms with Gasteiger partial charge in [0, 0.05) is 35.5 Å². The van der Waals surface area contributed by atoms with Gasteiger partial charge in [-0.1, -0.05) is 41.4 Å². The van der Waals surface area contributed by atoms with E-state index in [-0.39, 0.29) is 58.0 Å². The lowest BCUT2D eigenvalue weighted by Crippen LogP contribution is -2.46. The van der Waals surface area contributed by atoms with Crippen LogP contribution in [0.2, 0.25) is 10.0 Å². The molecular weight excluding hydrogens is 584 g/mol. The van der Waals surface area contributed by atoms with Crippen molar-refractivity contribution in [2.45, 2.75) is 37.9 Å². The zero-order valence-electron chi connectivity index (χ0n) is 22.6. The van der Waals surface area contributed by atoms with Crippen LogP contribution < -0.4 is 14.5 Å². The normalized spacial score (nSPS) is 21.1. The number of carboxylic acid groups (broad SMARTS) is 1. The van der Waals surface area contributed by atoms with E-state index in [0.29, 0.717) is 35.8 Å². The van der Waals surface area contributed by atoms with Gasteiger partial charge in [-0.15, -0.1) is 0 Å². The zero-order valence-corrected chi connectivity index (χ0v) is 24.1. The van der Waals surface area contributed by atoms with Crippen LogP contribution in [0.25, 0.3) is 11.1 Å². The molecule has 4 aliphatic heterocycles. The molecule has 8 nitrogen and oxygen atoms in total. The van der Waals surface area contributed by atoms with E-state index in [4.69, 9.17) is 32.7 Å². The fraction of sp³-hybridized carbons (Fsp3) is 0.355. The van der Waals surface area contributed by atoms with Crippen molar-refractivity contribution in [2.24, 2.45) is 0 Å². The minimum absolute atomic E-state index is 0.0410. The Morgan fingerprint density at radius 1 is 0.976 bits per heavy atom. The van der Waals surface area contributed by atoms with Crippen LogP contribution in [0.4, 0.5) is 15.8 Å². The standard InChI is InChI=1S/C31H28Cl2FN3O5/c32-24-9-20(35-7-2-8-35)10-25(33)28(24)30(38)36-13-17-3-1-4-21(29(17)42-16-36)22-12-27(23(31(39)40)11-26(22)34)37-18-5-6-19(37)15-41-14-18/h1,3-4,9-12,18-19H,2,5-8,13-16H2,(H,39,40). The first-order valence-electron chi connectivity index (χ1n) is 14.0. The van der Waals surface area contributed by atoms with Gasteiger partial charge in [0.1, 0.15) is 11.6 Å². The molecular formula is C31H28Cl2FN3O5. The number of nitrogens with zero attached hydrogens (tertiary/aromatic N) is 3. The molecule has 4 heterocycles. The van der Waals surface area contributed by atoms with Crippen LogP contribution in [0.5, 0.6) is 5.75 Å². The van der Waals surface area contributed by atoms with Crippen molar-refractivity contribution in [1.29, 1.82) is 0 Å². The molecule has 3 aromatic carbocycles. The summed E-state index contributed by atoms with van der Waals surface area (Å²) in [4.78, 5) is 31.4. The monoisotopic (exact) mass is 611 g/mol. The first kappa shape index (κ1) is 27.3. The summed E-state index contributed by atoms with van der Waals surface area (Å²) in [6.45, 7) is 2.98. The van der Waals surface area contributed by atoms with Crippen LogP contribution in [-0.2, 0) is 11.3 Å². The van der Waals surface area contributed by atoms with E-state index >= 15 is 4.39 Å². The summed E-state index contributed by atoms with van der Waals surface area (Å²) in [6.07, 6.45) is 2.88. The molecule has 0 radical (unpaired) electrons. The molecule has 3 saturated heterocycles. The van der Waals surface area contributed by atoms with Crippen molar-refractivity contribution in [1.82, 2.24) is 4.90 Å². The maximum absolute atomic E-state index is 15.6. The number of anilines is 2. The highest BCUT2D eigenvalue weighted by atomic mass is 35.5. The predicted octanol–water partition coefficient (Wildman–Crippen LogP) is 6.07. The van der Waals surface area contributed by atoms with Crippen molar-refractivity contribution in [3.8, 4) is 16.9 Å². The summed E-state index contributed by atoms with van der Waals surface area (Å²) in [7, 11) is 0. The van der Waals surface area contributed by atoms with Crippen LogP contribution >= 0.6 is 23.2 Å². The number of morpholine rings is 1.